The molecule has 6 nitrogen and oxygen atoms in total. The van der Waals surface area contributed by atoms with Crippen LogP contribution in [0.5, 0.6) is 11.5 Å². The van der Waals surface area contributed by atoms with Crippen LogP contribution in [0.2, 0.25) is 0 Å². The molecule has 1 aromatic carbocycles. The molecule has 1 heterocycles. The van der Waals surface area contributed by atoms with Gasteiger partial charge in [0.15, 0.2) is 16.6 Å². The third-order valence-corrected chi connectivity index (χ3v) is 3.24. The predicted molar refractivity (Wildman–Crippen MR) is 95.4 cm³/mol. The summed E-state index contributed by atoms with van der Waals surface area (Å²) in [5, 5.41) is 7.65. The van der Waals surface area contributed by atoms with Gasteiger partial charge in [0.25, 0.3) is 0 Å². The first-order chi connectivity index (χ1) is 11.1. The average Bonchev–Trinajstić information content (AvgIpc) is 2.60. The molecule has 0 aliphatic carbocycles. The molecule has 2 N–H and O–H groups in total. The van der Waals surface area contributed by atoms with Crippen molar-refractivity contribution in [2.24, 2.45) is 5.10 Å². The number of methoxy groups -OCH3 is 2. The Hall–Kier alpha value is -2.67. The molecular weight excluding hydrogens is 312 g/mol. The molecule has 0 saturated carbocycles. The molecule has 120 valence electrons. The van der Waals surface area contributed by atoms with E-state index in [9.17, 15) is 0 Å². The van der Waals surface area contributed by atoms with Crippen molar-refractivity contribution in [3.63, 3.8) is 0 Å². The Morgan fingerprint density at radius 1 is 1.17 bits per heavy atom. The lowest BCUT2D eigenvalue weighted by Crippen LogP contribution is -2.25. The summed E-state index contributed by atoms with van der Waals surface area (Å²) in [5.74, 6) is 1.28. The molecule has 0 aliphatic rings. The van der Waals surface area contributed by atoms with E-state index in [-0.39, 0.29) is 0 Å². The Morgan fingerprint density at radius 2 is 1.96 bits per heavy atom. The number of nitrogens with one attached hydrogen (secondary N) is 2. The average molecular weight is 330 g/mol. The van der Waals surface area contributed by atoms with Crippen LogP contribution in [0.1, 0.15) is 12.5 Å². The highest BCUT2D eigenvalue weighted by atomic mass is 32.1. The van der Waals surface area contributed by atoms with Crippen LogP contribution >= 0.6 is 12.2 Å². The summed E-state index contributed by atoms with van der Waals surface area (Å²) in [6.45, 7) is 1.88. The van der Waals surface area contributed by atoms with Crippen LogP contribution in [0.3, 0.4) is 0 Å². The van der Waals surface area contributed by atoms with Gasteiger partial charge in [0, 0.05) is 29.7 Å². The molecule has 0 amide bonds. The summed E-state index contributed by atoms with van der Waals surface area (Å²) in [4.78, 5) is 4.05. The highest BCUT2D eigenvalue weighted by molar-refractivity contribution is 7.80. The number of aromatic nitrogens is 1. The largest absolute Gasteiger partial charge is 0.493 e. The van der Waals surface area contributed by atoms with Crippen LogP contribution in [0.15, 0.2) is 47.8 Å². The van der Waals surface area contributed by atoms with Crippen molar-refractivity contribution in [3.8, 4) is 11.5 Å². The van der Waals surface area contributed by atoms with Crippen molar-refractivity contribution < 1.29 is 9.47 Å². The van der Waals surface area contributed by atoms with E-state index in [1.807, 2.05) is 25.1 Å². The van der Waals surface area contributed by atoms with Crippen LogP contribution < -0.4 is 20.2 Å². The molecule has 1 aromatic heterocycles. The zero-order valence-corrected chi connectivity index (χ0v) is 14.0. The van der Waals surface area contributed by atoms with E-state index >= 15 is 0 Å². The monoisotopic (exact) mass is 330 g/mol. The minimum Gasteiger partial charge on any atom is -0.493 e. The second-order valence-corrected chi connectivity index (χ2v) is 4.98. The molecule has 0 spiro atoms. The lowest BCUT2D eigenvalue weighted by atomic mass is 10.2. The first-order valence-electron chi connectivity index (χ1n) is 6.87. The number of hydrazone groups is 1. The van der Waals surface area contributed by atoms with E-state index in [4.69, 9.17) is 21.7 Å². The highest BCUT2D eigenvalue weighted by Crippen LogP contribution is 2.29. The Bertz CT molecular complexity index is 704. The number of nitrogens with zero attached hydrogens (tertiary/aromatic N) is 2. The van der Waals surface area contributed by atoms with Crippen LogP contribution in [0.25, 0.3) is 0 Å². The van der Waals surface area contributed by atoms with Gasteiger partial charge in [-0.15, -0.1) is 0 Å². The SMILES string of the molecule is COc1ccc(NC(=S)N/N=C(/C)c2cccnc2)cc1OC. The van der Waals surface area contributed by atoms with E-state index < -0.39 is 0 Å². The second-order valence-electron chi connectivity index (χ2n) is 4.57. The molecular formula is C16H18N4O2S. The van der Waals surface area contributed by atoms with Gasteiger partial charge in [-0.25, -0.2) is 0 Å². The third kappa shape index (κ3) is 4.65. The predicted octanol–water partition coefficient (Wildman–Crippen LogP) is 2.81. The van der Waals surface area contributed by atoms with Crippen LogP contribution in [0, 0.1) is 0 Å². The fraction of sp³-hybridized carbons (Fsp3) is 0.188. The van der Waals surface area contributed by atoms with Gasteiger partial charge < -0.3 is 14.8 Å². The first kappa shape index (κ1) is 16.7. The molecule has 0 saturated heterocycles. The maximum absolute atomic E-state index is 5.25. The molecule has 0 unspecified atom stereocenters. The molecule has 2 rings (SSSR count). The van der Waals surface area contributed by atoms with Gasteiger partial charge >= 0.3 is 0 Å². The van der Waals surface area contributed by atoms with Gasteiger partial charge in [0.2, 0.25) is 0 Å². The van der Waals surface area contributed by atoms with Crippen molar-refractivity contribution in [1.29, 1.82) is 0 Å². The van der Waals surface area contributed by atoms with E-state index in [0.29, 0.717) is 16.6 Å². The molecule has 0 bridgehead atoms. The van der Waals surface area contributed by atoms with E-state index in [1.165, 1.54) is 0 Å². The van der Waals surface area contributed by atoms with Crippen molar-refractivity contribution >= 4 is 28.7 Å². The molecule has 0 aliphatic heterocycles. The number of anilines is 1. The Morgan fingerprint density at radius 3 is 2.61 bits per heavy atom. The Labute approximate surface area is 140 Å². The smallest absolute Gasteiger partial charge is 0.191 e. The van der Waals surface area contributed by atoms with Crippen LogP contribution in [-0.4, -0.2) is 30.0 Å². The highest BCUT2D eigenvalue weighted by Gasteiger charge is 2.05. The number of ether oxygens (including phenoxy) is 2. The van der Waals surface area contributed by atoms with Crippen molar-refractivity contribution in [1.82, 2.24) is 10.4 Å². The summed E-state index contributed by atoms with van der Waals surface area (Å²) in [7, 11) is 3.17. The minimum atomic E-state index is 0.375. The first-order valence-corrected chi connectivity index (χ1v) is 7.28. The summed E-state index contributed by atoms with van der Waals surface area (Å²) < 4.78 is 10.4. The second kappa shape index (κ2) is 8.09. The standard InChI is InChI=1S/C16H18N4O2S/c1-11(12-5-4-8-17-10-12)19-20-16(23)18-13-6-7-14(21-2)15(9-13)22-3/h4-10H,1-3H3,(H2,18,20,23)/b19-11-. The van der Waals surface area contributed by atoms with Gasteiger partial charge in [-0.3, -0.25) is 10.4 Å². The summed E-state index contributed by atoms with van der Waals surface area (Å²) in [5.41, 5.74) is 5.29. The molecule has 0 radical (unpaired) electrons. The molecule has 23 heavy (non-hydrogen) atoms. The summed E-state index contributed by atoms with van der Waals surface area (Å²) in [6.07, 6.45) is 3.46. The lowest BCUT2D eigenvalue weighted by Gasteiger charge is -2.11. The lowest BCUT2D eigenvalue weighted by molar-refractivity contribution is 0.355. The summed E-state index contributed by atoms with van der Waals surface area (Å²) >= 11 is 5.23. The maximum atomic E-state index is 5.25. The topological polar surface area (TPSA) is 67.8 Å². The van der Waals surface area contributed by atoms with Crippen molar-refractivity contribution in [2.45, 2.75) is 6.92 Å². The number of hydrogen-bond acceptors (Lipinski definition) is 5. The summed E-state index contributed by atoms with van der Waals surface area (Å²) in [6, 6.07) is 9.22. The molecule has 0 atom stereocenters. The van der Waals surface area contributed by atoms with Crippen molar-refractivity contribution in [3.05, 3.63) is 48.3 Å². The maximum Gasteiger partial charge on any atom is 0.191 e. The van der Waals surface area contributed by atoms with Gasteiger partial charge in [-0.1, -0.05) is 6.07 Å². The number of pyridine rings is 1. The molecule has 2 aromatic rings. The van der Waals surface area contributed by atoms with E-state index in [0.717, 1.165) is 17.0 Å². The van der Waals surface area contributed by atoms with Crippen LogP contribution in [-0.2, 0) is 0 Å². The van der Waals surface area contributed by atoms with Gasteiger partial charge in [-0.2, -0.15) is 5.10 Å². The zero-order chi connectivity index (χ0) is 16.7. The number of rotatable bonds is 5. The van der Waals surface area contributed by atoms with Crippen LogP contribution in [0.4, 0.5) is 5.69 Å². The quantitative estimate of drug-likeness (QED) is 0.499. The van der Waals surface area contributed by atoms with Gasteiger partial charge in [0.1, 0.15) is 0 Å². The number of hydrogen-bond donors (Lipinski definition) is 2. The molecule has 0 fully saturated rings. The number of benzene rings is 1. The van der Waals surface area contributed by atoms with Crippen molar-refractivity contribution in [2.75, 3.05) is 19.5 Å². The Kier molecular flexibility index (Phi) is 5.87. The third-order valence-electron chi connectivity index (χ3n) is 3.05. The normalized spacial score (nSPS) is 10.8. The fourth-order valence-corrected chi connectivity index (χ4v) is 2.01. The van der Waals surface area contributed by atoms with Gasteiger partial charge in [-0.05, 0) is 37.3 Å². The number of thiocarbonyl (C=S) groups is 1. The Balaban J connectivity index is 2.00. The molecule has 7 heteroatoms. The van der Waals surface area contributed by atoms with Gasteiger partial charge in [0.05, 0.1) is 19.9 Å². The fourth-order valence-electron chi connectivity index (χ4n) is 1.85. The zero-order valence-electron chi connectivity index (χ0n) is 13.2. The van der Waals surface area contributed by atoms with E-state index in [1.54, 1.807) is 38.7 Å². The minimum absolute atomic E-state index is 0.375. The van der Waals surface area contributed by atoms with E-state index in [2.05, 4.69) is 20.8 Å².